The molecule has 0 spiro atoms. The van der Waals surface area contributed by atoms with Gasteiger partial charge in [-0.1, -0.05) is 6.07 Å². The highest BCUT2D eigenvalue weighted by Gasteiger charge is 2.12. The van der Waals surface area contributed by atoms with Gasteiger partial charge in [-0.2, -0.15) is 16.6 Å². The summed E-state index contributed by atoms with van der Waals surface area (Å²) in [5.74, 6) is -0.205. The van der Waals surface area contributed by atoms with Crippen LogP contribution < -0.4 is 0 Å². The molecule has 0 aromatic carbocycles. The predicted molar refractivity (Wildman–Crippen MR) is 66.6 cm³/mol. The highest BCUT2D eigenvalue weighted by atomic mass is 32.1. The lowest BCUT2D eigenvalue weighted by molar-refractivity contribution is 0.104. The van der Waals surface area contributed by atoms with E-state index in [4.69, 9.17) is 5.26 Å². The predicted octanol–water partition coefficient (Wildman–Crippen LogP) is 3.60. The monoisotopic (exact) mass is 245 g/mol. The third-order valence-electron chi connectivity index (χ3n) is 1.96. The fourth-order valence-electron chi connectivity index (χ4n) is 1.21. The van der Waals surface area contributed by atoms with E-state index in [2.05, 4.69) is 0 Å². The molecule has 0 aliphatic heterocycles. The van der Waals surface area contributed by atoms with Gasteiger partial charge in [0.15, 0.2) is 0 Å². The van der Waals surface area contributed by atoms with E-state index in [0.29, 0.717) is 4.88 Å². The average Bonchev–Trinajstić information content (AvgIpc) is 2.97. The van der Waals surface area contributed by atoms with Gasteiger partial charge in [0.25, 0.3) is 0 Å². The van der Waals surface area contributed by atoms with E-state index < -0.39 is 0 Å². The summed E-state index contributed by atoms with van der Waals surface area (Å²) in [7, 11) is 0. The highest BCUT2D eigenvalue weighted by molar-refractivity contribution is 7.12. The first-order chi connectivity index (χ1) is 7.81. The van der Waals surface area contributed by atoms with Crippen LogP contribution in [-0.4, -0.2) is 5.78 Å². The lowest BCUT2D eigenvalue weighted by Crippen LogP contribution is -1.98. The van der Waals surface area contributed by atoms with Crippen LogP contribution in [0.2, 0.25) is 0 Å². The first-order valence-electron chi connectivity index (χ1n) is 4.53. The number of allylic oxidation sites excluding steroid dienone is 1. The summed E-state index contributed by atoms with van der Waals surface area (Å²) in [5, 5.41) is 14.6. The van der Waals surface area contributed by atoms with Crippen LogP contribution in [-0.2, 0) is 0 Å². The summed E-state index contributed by atoms with van der Waals surface area (Å²) in [6.45, 7) is 0. The van der Waals surface area contributed by atoms with Gasteiger partial charge in [-0.05, 0) is 39.9 Å². The van der Waals surface area contributed by atoms with Crippen molar-refractivity contribution in [1.29, 1.82) is 5.26 Å². The van der Waals surface area contributed by atoms with Crippen LogP contribution in [0, 0.1) is 11.3 Å². The summed E-state index contributed by atoms with van der Waals surface area (Å²) < 4.78 is 0. The summed E-state index contributed by atoms with van der Waals surface area (Å²) in [5.41, 5.74) is 1.08. The molecule has 0 bridgehead atoms. The molecule has 0 amide bonds. The Hall–Kier alpha value is -1.70. The zero-order chi connectivity index (χ0) is 11.4. The lowest BCUT2D eigenvalue weighted by atomic mass is 10.1. The van der Waals surface area contributed by atoms with Crippen molar-refractivity contribution in [2.24, 2.45) is 0 Å². The van der Waals surface area contributed by atoms with Gasteiger partial charge in [0, 0.05) is 0 Å². The molecule has 0 aliphatic carbocycles. The first-order valence-corrected chi connectivity index (χ1v) is 6.35. The van der Waals surface area contributed by atoms with E-state index in [1.165, 1.54) is 22.7 Å². The quantitative estimate of drug-likeness (QED) is 0.471. The number of ketones is 1. The Bertz CT molecular complexity index is 544. The Kier molecular flexibility index (Phi) is 3.30. The summed E-state index contributed by atoms with van der Waals surface area (Å²) in [6, 6.07) is 7.36. The minimum absolute atomic E-state index is 0.181. The molecule has 4 heteroatoms. The van der Waals surface area contributed by atoms with Gasteiger partial charge < -0.3 is 0 Å². The lowest BCUT2D eigenvalue weighted by Gasteiger charge is -1.93. The van der Waals surface area contributed by atoms with Crippen molar-refractivity contribution in [3.05, 3.63) is 50.4 Å². The van der Waals surface area contributed by atoms with Crippen molar-refractivity contribution in [1.82, 2.24) is 0 Å². The fraction of sp³-hybridized carbons (Fsp3) is 0. The van der Waals surface area contributed by atoms with Gasteiger partial charge in [0.2, 0.25) is 5.78 Å². The fourth-order valence-corrected chi connectivity index (χ4v) is 2.51. The maximum atomic E-state index is 11.9. The summed E-state index contributed by atoms with van der Waals surface area (Å²) >= 11 is 2.89. The summed E-state index contributed by atoms with van der Waals surface area (Å²) in [6.07, 6.45) is 1.62. The second kappa shape index (κ2) is 4.88. The zero-order valence-electron chi connectivity index (χ0n) is 8.21. The van der Waals surface area contributed by atoms with Gasteiger partial charge in [0.1, 0.15) is 11.6 Å². The maximum Gasteiger partial charge on any atom is 0.213 e. The van der Waals surface area contributed by atoms with Gasteiger partial charge in [-0.3, -0.25) is 4.79 Å². The minimum atomic E-state index is -0.205. The molecule has 0 saturated carbocycles. The topological polar surface area (TPSA) is 40.9 Å². The highest BCUT2D eigenvalue weighted by Crippen LogP contribution is 2.17. The van der Waals surface area contributed by atoms with Crippen molar-refractivity contribution < 1.29 is 4.79 Å². The number of Topliss-reactive ketones (excluding diaryl/α,β-unsaturated/α-hetero) is 1. The van der Waals surface area contributed by atoms with Crippen LogP contribution in [0.1, 0.15) is 15.2 Å². The van der Waals surface area contributed by atoms with Crippen LogP contribution in [0.4, 0.5) is 0 Å². The Balaban J connectivity index is 2.32. The molecule has 0 aliphatic rings. The molecule has 0 radical (unpaired) electrons. The molecule has 2 nitrogen and oxygen atoms in total. The van der Waals surface area contributed by atoms with Crippen LogP contribution in [0.3, 0.4) is 0 Å². The Morgan fingerprint density at radius 1 is 1.38 bits per heavy atom. The van der Waals surface area contributed by atoms with Crippen molar-refractivity contribution in [3.8, 4) is 6.07 Å². The molecule has 0 unspecified atom stereocenters. The molecule has 2 heterocycles. The number of hydrogen-bond acceptors (Lipinski definition) is 4. The molecule has 2 aromatic rings. The standard InChI is InChI=1S/C12H7NOS2/c13-7-10(6-9-3-5-15-8-9)12(14)11-2-1-4-16-11/h1-6,8H/b10-6+. The van der Waals surface area contributed by atoms with Gasteiger partial charge in [0.05, 0.1) is 4.88 Å². The Labute approximate surface area is 101 Å². The molecule has 78 valence electrons. The molecular formula is C12H7NOS2. The van der Waals surface area contributed by atoms with Gasteiger partial charge in [-0.25, -0.2) is 0 Å². The second-order valence-electron chi connectivity index (χ2n) is 3.03. The zero-order valence-corrected chi connectivity index (χ0v) is 9.85. The second-order valence-corrected chi connectivity index (χ2v) is 4.76. The number of nitriles is 1. The van der Waals surface area contributed by atoms with Gasteiger partial charge >= 0.3 is 0 Å². The van der Waals surface area contributed by atoms with E-state index >= 15 is 0 Å². The van der Waals surface area contributed by atoms with Crippen LogP contribution in [0.5, 0.6) is 0 Å². The number of thiophene rings is 2. The van der Waals surface area contributed by atoms with E-state index in [-0.39, 0.29) is 11.4 Å². The first kappa shape index (κ1) is 10.8. The molecule has 0 atom stereocenters. The van der Waals surface area contributed by atoms with Crippen LogP contribution >= 0.6 is 22.7 Å². The Morgan fingerprint density at radius 2 is 2.25 bits per heavy atom. The largest absolute Gasteiger partial charge is 0.287 e. The summed E-state index contributed by atoms with van der Waals surface area (Å²) in [4.78, 5) is 12.5. The number of carbonyl (C=O) groups is 1. The van der Waals surface area contributed by atoms with Crippen molar-refractivity contribution in [2.75, 3.05) is 0 Å². The van der Waals surface area contributed by atoms with E-state index in [9.17, 15) is 4.79 Å². The number of rotatable bonds is 3. The molecule has 2 rings (SSSR count). The molecule has 0 fully saturated rings. The van der Waals surface area contributed by atoms with Crippen molar-refractivity contribution in [2.45, 2.75) is 0 Å². The minimum Gasteiger partial charge on any atom is -0.287 e. The third kappa shape index (κ3) is 2.27. The maximum absolute atomic E-state index is 11.9. The van der Waals surface area contributed by atoms with E-state index in [0.717, 1.165) is 5.56 Å². The number of hydrogen-bond donors (Lipinski definition) is 0. The van der Waals surface area contributed by atoms with Gasteiger partial charge in [-0.15, -0.1) is 11.3 Å². The third-order valence-corrected chi connectivity index (χ3v) is 3.53. The van der Waals surface area contributed by atoms with Crippen molar-refractivity contribution in [3.63, 3.8) is 0 Å². The average molecular weight is 245 g/mol. The normalized spacial score (nSPS) is 11.1. The smallest absolute Gasteiger partial charge is 0.213 e. The van der Waals surface area contributed by atoms with E-state index in [1.54, 1.807) is 18.2 Å². The van der Waals surface area contributed by atoms with Crippen LogP contribution in [0.25, 0.3) is 6.08 Å². The molecule has 0 saturated heterocycles. The molecular weight excluding hydrogens is 238 g/mol. The van der Waals surface area contributed by atoms with Crippen molar-refractivity contribution >= 4 is 34.5 Å². The number of nitrogens with zero attached hydrogens (tertiary/aromatic N) is 1. The molecule has 0 N–H and O–H groups in total. The molecule has 2 aromatic heterocycles. The van der Waals surface area contributed by atoms with Crippen LogP contribution in [0.15, 0.2) is 39.9 Å². The van der Waals surface area contributed by atoms with E-state index in [1.807, 2.05) is 28.3 Å². The number of carbonyl (C=O) groups excluding carboxylic acids is 1. The molecule has 16 heavy (non-hydrogen) atoms. The Morgan fingerprint density at radius 3 is 2.81 bits per heavy atom. The SMILES string of the molecule is N#C/C(=C\c1ccsc1)C(=O)c1cccs1.